The molecule has 0 rings (SSSR count). The summed E-state index contributed by atoms with van der Waals surface area (Å²) in [6.07, 6.45) is 0.212. The van der Waals surface area contributed by atoms with Crippen LogP contribution < -0.4 is 5.32 Å². The zero-order valence-electron chi connectivity index (χ0n) is 9.31. The molecule has 0 aliphatic carbocycles. The Balaban J connectivity index is 4.05. The van der Waals surface area contributed by atoms with Crippen LogP contribution in [0.2, 0.25) is 0 Å². The number of carbonyl (C=O) groups excluding carboxylic acids is 1. The molecule has 8 heteroatoms. The highest BCUT2D eigenvalue weighted by molar-refractivity contribution is 5.67. The van der Waals surface area contributed by atoms with E-state index in [0.29, 0.717) is 6.42 Å². The number of aliphatic hydroxyl groups is 1. The predicted octanol–water partition coefficient (Wildman–Crippen LogP) is 1.78. The largest absolute Gasteiger partial charge is 0.443 e. The minimum atomic E-state index is -4.61. The van der Waals surface area contributed by atoms with Crippen molar-refractivity contribution >= 4 is 6.09 Å². The second-order valence-electron chi connectivity index (χ2n) is 3.42. The Bertz CT molecular complexity index is 248. The van der Waals surface area contributed by atoms with E-state index >= 15 is 0 Å². The van der Waals surface area contributed by atoms with Crippen molar-refractivity contribution < 1.29 is 32.2 Å². The van der Waals surface area contributed by atoms with E-state index in [1.807, 2.05) is 6.92 Å². The predicted molar refractivity (Wildman–Crippen MR) is 51.2 cm³/mol. The van der Waals surface area contributed by atoms with Gasteiger partial charge in [-0.1, -0.05) is 13.3 Å². The third kappa shape index (κ3) is 5.20. The lowest BCUT2D eigenvalue weighted by molar-refractivity contribution is -0.238. The van der Waals surface area contributed by atoms with E-state index in [1.165, 1.54) is 0 Å². The molecule has 0 fully saturated rings. The smallest absolute Gasteiger partial charge is 0.407 e. The number of aliphatic hydroxyl groups excluding tert-OH is 1. The Hall–Kier alpha value is -1.05. The van der Waals surface area contributed by atoms with Crippen LogP contribution in [-0.4, -0.2) is 42.8 Å². The van der Waals surface area contributed by atoms with Crippen LogP contribution in [0.3, 0.4) is 0 Å². The van der Waals surface area contributed by atoms with Gasteiger partial charge >= 0.3 is 17.9 Å². The highest BCUT2D eigenvalue weighted by Gasteiger charge is 2.56. The number of carbonyl (C=O) groups is 1. The number of unbranched alkanes of at least 4 members (excludes halogenated alkanes) is 1. The molecular formula is C9H15F4NO3. The maximum atomic E-state index is 12.7. The molecule has 0 bridgehead atoms. The molecule has 0 aliphatic heterocycles. The van der Waals surface area contributed by atoms with E-state index in [9.17, 15) is 22.4 Å². The molecule has 1 amide bonds. The summed E-state index contributed by atoms with van der Waals surface area (Å²) in [5.41, 5.74) is 0. The number of ether oxygens (including phenoxy) is 1. The van der Waals surface area contributed by atoms with Gasteiger partial charge in [-0.15, -0.1) is 0 Å². The molecule has 2 N–H and O–H groups in total. The molecule has 0 saturated carbocycles. The van der Waals surface area contributed by atoms with E-state index in [4.69, 9.17) is 5.11 Å². The molecule has 0 heterocycles. The lowest BCUT2D eigenvalue weighted by atomic mass is 10.2. The molecule has 17 heavy (non-hydrogen) atoms. The molecule has 0 aromatic carbocycles. The fraction of sp³-hybridized carbons (Fsp3) is 0.889. The number of alkyl halides is 4. The number of alkyl carbamates (subject to hydrolysis) is 1. The van der Waals surface area contributed by atoms with Crippen LogP contribution in [0.25, 0.3) is 0 Å². The quantitative estimate of drug-likeness (QED) is 0.542. The van der Waals surface area contributed by atoms with Crippen molar-refractivity contribution in [2.75, 3.05) is 19.8 Å². The third-order valence-electron chi connectivity index (χ3n) is 1.92. The van der Waals surface area contributed by atoms with Crippen LogP contribution in [0.5, 0.6) is 0 Å². The van der Waals surface area contributed by atoms with Gasteiger partial charge in [0.1, 0.15) is 6.61 Å². The molecule has 0 radical (unpaired) electrons. The van der Waals surface area contributed by atoms with Crippen molar-refractivity contribution in [1.29, 1.82) is 0 Å². The first-order chi connectivity index (χ1) is 7.77. The normalized spacial score (nSPS) is 12.4. The SMILES string of the molecule is CCCCNC(=O)OCC(F)(F)C(F)(F)CO. The van der Waals surface area contributed by atoms with Gasteiger partial charge in [0.05, 0.1) is 0 Å². The maximum Gasteiger partial charge on any atom is 0.407 e. The van der Waals surface area contributed by atoms with Gasteiger partial charge in [-0.05, 0) is 6.42 Å². The lowest BCUT2D eigenvalue weighted by Crippen LogP contribution is -2.48. The van der Waals surface area contributed by atoms with Gasteiger partial charge in [0.25, 0.3) is 0 Å². The fourth-order valence-corrected chi connectivity index (χ4v) is 0.796. The summed E-state index contributed by atoms with van der Waals surface area (Å²) in [5.74, 6) is -9.21. The molecule has 0 spiro atoms. The van der Waals surface area contributed by atoms with Crippen molar-refractivity contribution in [3.05, 3.63) is 0 Å². The number of hydrogen-bond donors (Lipinski definition) is 2. The first-order valence-electron chi connectivity index (χ1n) is 5.04. The van der Waals surface area contributed by atoms with Gasteiger partial charge in [0.15, 0.2) is 6.61 Å². The zero-order valence-corrected chi connectivity index (χ0v) is 9.31. The highest BCUT2D eigenvalue weighted by atomic mass is 19.3. The molecule has 0 aliphatic rings. The lowest BCUT2D eigenvalue weighted by Gasteiger charge is -2.24. The van der Waals surface area contributed by atoms with Gasteiger partial charge in [0, 0.05) is 6.54 Å². The Labute approximate surface area is 95.9 Å². The number of rotatable bonds is 7. The summed E-state index contributed by atoms with van der Waals surface area (Å²) in [5, 5.41) is 10.2. The molecule has 0 unspecified atom stereocenters. The Morgan fingerprint density at radius 3 is 2.35 bits per heavy atom. The summed E-state index contributed by atoms with van der Waals surface area (Å²) >= 11 is 0. The zero-order chi connectivity index (χ0) is 13.5. The van der Waals surface area contributed by atoms with Crippen LogP contribution in [-0.2, 0) is 4.74 Å². The summed E-state index contributed by atoms with van der Waals surface area (Å²) in [6, 6.07) is 0. The Morgan fingerprint density at radius 2 is 1.88 bits per heavy atom. The minimum Gasteiger partial charge on any atom is -0.443 e. The van der Waals surface area contributed by atoms with Gasteiger partial charge in [-0.3, -0.25) is 0 Å². The monoisotopic (exact) mass is 261 g/mol. The maximum absolute atomic E-state index is 12.7. The summed E-state index contributed by atoms with van der Waals surface area (Å²) in [4.78, 5) is 10.8. The van der Waals surface area contributed by atoms with Gasteiger partial charge in [-0.25, -0.2) is 4.79 Å². The average molecular weight is 261 g/mol. The van der Waals surface area contributed by atoms with Crippen LogP contribution >= 0.6 is 0 Å². The second-order valence-corrected chi connectivity index (χ2v) is 3.42. The van der Waals surface area contributed by atoms with E-state index in [2.05, 4.69) is 10.1 Å². The van der Waals surface area contributed by atoms with Gasteiger partial charge in [0.2, 0.25) is 0 Å². The standard InChI is InChI=1S/C9H15F4NO3/c1-2-3-4-14-7(16)17-6-9(12,13)8(10,11)5-15/h15H,2-6H2,1H3,(H,14,16). The first kappa shape index (κ1) is 16.0. The fourth-order valence-electron chi connectivity index (χ4n) is 0.796. The third-order valence-corrected chi connectivity index (χ3v) is 1.92. The Morgan fingerprint density at radius 1 is 1.29 bits per heavy atom. The first-order valence-corrected chi connectivity index (χ1v) is 5.04. The summed E-state index contributed by atoms with van der Waals surface area (Å²) in [6.45, 7) is -1.72. The number of hydrogen-bond acceptors (Lipinski definition) is 3. The van der Waals surface area contributed by atoms with Crippen LogP contribution in [0, 0.1) is 0 Å². The molecule has 0 atom stereocenters. The van der Waals surface area contributed by atoms with Crippen molar-refractivity contribution in [3.8, 4) is 0 Å². The van der Waals surface area contributed by atoms with E-state index < -0.39 is 31.2 Å². The molecule has 102 valence electrons. The van der Waals surface area contributed by atoms with E-state index in [1.54, 1.807) is 0 Å². The summed E-state index contributed by atoms with van der Waals surface area (Å²) < 4.78 is 54.4. The molecule has 0 aromatic rings. The Kier molecular flexibility index (Phi) is 6.22. The van der Waals surface area contributed by atoms with Gasteiger partial charge < -0.3 is 15.2 Å². The molecule has 4 nitrogen and oxygen atoms in total. The van der Waals surface area contributed by atoms with E-state index in [0.717, 1.165) is 6.42 Å². The number of amides is 1. The molecule has 0 saturated heterocycles. The van der Waals surface area contributed by atoms with Crippen LogP contribution in [0.1, 0.15) is 19.8 Å². The van der Waals surface area contributed by atoms with Crippen molar-refractivity contribution in [2.45, 2.75) is 31.6 Å². The molecule has 0 aromatic heterocycles. The van der Waals surface area contributed by atoms with Crippen molar-refractivity contribution in [3.63, 3.8) is 0 Å². The van der Waals surface area contributed by atoms with Gasteiger partial charge in [-0.2, -0.15) is 17.6 Å². The van der Waals surface area contributed by atoms with E-state index in [-0.39, 0.29) is 6.54 Å². The van der Waals surface area contributed by atoms with Crippen LogP contribution in [0.4, 0.5) is 22.4 Å². The number of halogens is 4. The van der Waals surface area contributed by atoms with Crippen molar-refractivity contribution in [2.24, 2.45) is 0 Å². The molecular weight excluding hydrogens is 246 g/mol. The highest BCUT2D eigenvalue weighted by Crippen LogP contribution is 2.33. The van der Waals surface area contributed by atoms with Crippen LogP contribution in [0.15, 0.2) is 0 Å². The summed E-state index contributed by atoms with van der Waals surface area (Å²) in [7, 11) is 0. The average Bonchev–Trinajstić information content (AvgIpc) is 2.26. The topological polar surface area (TPSA) is 58.6 Å². The second kappa shape index (κ2) is 6.63. The van der Waals surface area contributed by atoms with Crippen molar-refractivity contribution in [1.82, 2.24) is 5.32 Å². The number of nitrogens with one attached hydrogen (secondary N) is 1. The minimum absolute atomic E-state index is 0.220.